The van der Waals surface area contributed by atoms with Crippen molar-refractivity contribution in [3.8, 4) is 23.1 Å². The van der Waals surface area contributed by atoms with Crippen LogP contribution in [-0.4, -0.2) is 43.2 Å². The predicted octanol–water partition coefficient (Wildman–Crippen LogP) is 3.62. The van der Waals surface area contributed by atoms with Gasteiger partial charge in [0.25, 0.3) is 0 Å². The molecule has 0 bridgehead atoms. The van der Waals surface area contributed by atoms with E-state index < -0.39 is 0 Å². The Labute approximate surface area is 197 Å². The van der Waals surface area contributed by atoms with Crippen molar-refractivity contribution in [2.24, 2.45) is 0 Å². The summed E-state index contributed by atoms with van der Waals surface area (Å²) in [5, 5.41) is 4.81. The van der Waals surface area contributed by atoms with Crippen LogP contribution in [0.25, 0.3) is 5.69 Å². The number of imidazole rings is 1. The van der Waals surface area contributed by atoms with Gasteiger partial charge in [0.2, 0.25) is 12.7 Å². The maximum Gasteiger partial charge on any atom is 0.238 e. The third kappa shape index (κ3) is 3.67. The summed E-state index contributed by atoms with van der Waals surface area (Å²) < 4.78 is 20.9. The minimum Gasteiger partial charge on any atom is -0.479 e. The van der Waals surface area contributed by atoms with Crippen LogP contribution in [0, 0.1) is 6.92 Å². The van der Waals surface area contributed by atoms with E-state index in [2.05, 4.69) is 15.7 Å². The lowest BCUT2D eigenvalue weighted by atomic mass is 9.90. The lowest BCUT2D eigenvalue weighted by Crippen LogP contribution is -2.18. The average molecular weight is 459 g/mol. The molecule has 0 amide bonds. The average Bonchev–Trinajstić information content (AvgIpc) is 3.61. The van der Waals surface area contributed by atoms with Gasteiger partial charge >= 0.3 is 0 Å². The highest BCUT2D eigenvalue weighted by Crippen LogP contribution is 2.43. The van der Waals surface area contributed by atoms with Crippen molar-refractivity contribution in [1.82, 2.24) is 29.3 Å². The molecule has 2 aliphatic rings. The van der Waals surface area contributed by atoms with E-state index in [0.717, 1.165) is 71.6 Å². The first-order chi connectivity index (χ1) is 16.7. The molecule has 0 saturated heterocycles. The van der Waals surface area contributed by atoms with Gasteiger partial charge in [-0.05, 0) is 44.4 Å². The second kappa shape index (κ2) is 8.48. The summed E-state index contributed by atoms with van der Waals surface area (Å²) in [7, 11) is 1.64. The summed E-state index contributed by atoms with van der Waals surface area (Å²) in [6.45, 7) is 3.11. The van der Waals surface area contributed by atoms with Gasteiger partial charge < -0.3 is 18.8 Å². The molecule has 0 unspecified atom stereocenters. The number of pyridine rings is 1. The number of nitrogens with zero attached hydrogens (tertiary/aromatic N) is 6. The quantitative estimate of drug-likeness (QED) is 0.436. The first kappa shape index (κ1) is 20.7. The van der Waals surface area contributed by atoms with Gasteiger partial charge in [-0.25, -0.2) is 19.6 Å². The normalized spacial score (nSPS) is 16.5. The SMILES string of the molecule is COc1nc(CCc2nc3n(n2)CCC[C@H]3c2cccc3c2OCO3)ccc1-n1cnc(C)c1. The molecule has 6 rings (SSSR count). The van der Waals surface area contributed by atoms with Crippen molar-refractivity contribution >= 4 is 0 Å². The maximum absolute atomic E-state index is 5.77. The van der Waals surface area contributed by atoms with Crippen LogP contribution in [0.15, 0.2) is 42.9 Å². The third-order valence-corrected chi connectivity index (χ3v) is 6.41. The van der Waals surface area contributed by atoms with Crippen LogP contribution in [0.3, 0.4) is 0 Å². The number of hydrogen-bond acceptors (Lipinski definition) is 7. The fourth-order valence-corrected chi connectivity index (χ4v) is 4.78. The highest BCUT2D eigenvalue weighted by Gasteiger charge is 2.30. The Morgan fingerprint density at radius 2 is 2.06 bits per heavy atom. The molecule has 0 fully saturated rings. The number of para-hydroxylation sites is 1. The van der Waals surface area contributed by atoms with E-state index in [1.54, 1.807) is 13.4 Å². The van der Waals surface area contributed by atoms with Crippen LogP contribution in [0.2, 0.25) is 0 Å². The Morgan fingerprint density at radius 3 is 2.91 bits per heavy atom. The fourth-order valence-electron chi connectivity index (χ4n) is 4.78. The van der Waals surface area contributed by atoms with E-state index >= 15 is 0 Å². The number of ether oxygens (including phenoxy) is 3. The van der Waals surface area contributed by atoms with Crippen molar-refractivity contribution in [3.05, 3.63) is 71.5 Å². The van der Waals surface area contributed by atoms with Gasteiger partial charge in [0.15, 0.2) is 17.3 Å². The van der Waals surface area contributed by atoms with Crippen LogP contribution >= 0.6 is 0 Å². The first-order valence-corrected chi connectivity index (χ1v) is 11.6. The van der Waals surface area contributed by atoms with Crippen molar-refractivity contribution in [1.29, 1.82) is 0 Å². The summed E-state index contributed by atoms with van der Waals surface area (Å²) in [5.41, 5.74) is 3.88. The molecule has 1 aromatic carbocycles. The van der Waals surface area contributed by atoms with Crippen molar-refractivity contribution < 1.29 is 14.2 Å². The second-order valence-corrected chi connectivity index (χ2v) is 8.64. The minimum atomic E-state index is 0.155. The number of hydrogen-bond donors (Lipinski definition) is 0. The monoisotopic (exact) mass is 458 g/mol. The summed E-state index contributed by atoms with van der Waals surface area (Å²) >= 11 is 0. The van der Waals surface area contributed by atoms with E-state index in [0.29, 0.717) is 12.3 Å². The zero-order chi connectivity index (χ0) is 23.1. The molecule has 0 spiro atoms. The molecule has 1 atom stereocenters. The van der Waals surface area contributed by atoms with Gasteiger partial charge in [0, 0.05) is 36.3 Å². The van der Waals surface area contributed by atoms with E-state index in [4.69, 9.17) is 29.3 Å². The zero-order valence-corrected chi connectivity index (χ0v) is 19.3. The molecule has 34 heavy (non-hydrogen) atoms. The molecule has 174 valence electrons. The van der Waals surface area contributed by atoms with Gasteiger partial charge in [-0.2, -0.15) is 5.10 Å². The number of fused-ring (bicyclic) bond motifs is 2. The molecule has 9 nitrogen and oxygen atoms in total. The minimum absolute atomic E-state index is 0.155. The summed E-state index contributed by atoms with van der Waals surface area (Å²) in [4.78, 5) is 13.9. The number of benzene rings is 1. The number of rotatable bonds is 6. The Hall–Kier alpha value is -3.88. The Kier molecular flexibility index (Phi) is 5.16. The number of aromatic nitrogens is 6. The highest BCUT2D eigenvalue weighted by atomic mass is 16.7. The molecule has 5 heterocycles. The van der Waals surface area contributed by atoms with Crippen LogP contribution in [0.1, 0.15) is 47.4 Å². The molecule has 0 aliphatic carbocycles. The van der Waals surface area contributed by atoms with E-state index in [1.807, 2.05) is 42.0 Å². The van der Waals surface area contributed by atoms with Gasteiger partial charge in [-0.1, -0.05) is 12.1 Å². The summed E-state index contributed by atoms with van der Waals surface area (Å²) in [6.07, 6.45) is 7.23. The molecule has 3 aromatic heterocycles. The van der Waals surface area contributed by atoms with Crippen LogP contribution in [0.5, 0.6) is 17.4 Å². The van der Waals surface area contributed by atoms with Crippen molar-refractivity contribution in [2.45, 2.75) is 45.1 Å². The standard InChI is InChI=1S/C25H26N6O3/c1-16-13-30(14-26-16)20-10-8-17(27-25(20)32-2)9-11-22-28-24-19(6-4-12-31(24)29-22)18-5-3-7-21-23(18)34-15-33-21/h3,5,7-8,10,13-14,19H,4,6,9,11-12,15H2,1-2H3/t19-/m0/s1. The molecule has 4 aromatic rings. The topological polar surface area (TPSA) is 89.1 Å². The van der Waals surface area contributed by atoms with Crippen molar-refractivity contribution in [2.75, 3.05) is 13.9 Å². The lowest BCUT2D eigenvalue weighted by molar-refractivity contribution is 0.173. The molecular weight excluding hydrogens is 432 g/mol. The highest BCUT2D eigenvalue weighted by molar-refractivity contribution is 5.51. The largest absolute Gasteiger partial charge is 0.479 e. The van der Waals surface area contributed by atoms with E-state index in [1.165, 1.54) is 0 Å². The van der Waals surface area contributed by atoms with Gasteiger partial charge in [-0.3, -0.25) is 0 Å². The predicted molar refractivity (Wildman–Crippen MR) is 124 cm³/mol. The van der Waals surface area contributed by atoms with Crippen LogP contribution in [-0.2, 0) is 19.4 Å². The lowest BCUT2D eigenvalue weighted by Gasteiger charge is -2.23. The summed E-state index contributed by atoms with van der Waals surface area (Å²) in [6, 6.07) is 10.1. The summed E-state index contributed by atoms with van der Waals surface area (Å²) in [5.74, 6) is 4.22. The zero-order valence-electron chi connectivity index (χ0n) is 19.3. The molecular formula is C25H26N6O3. The van der Waals surface area contributed by atoms with Crippen molar-refractivity contribution in [3.63, 3.8) is 0 Å². The van der Waals surface area contributed by atoms with Gasteiger partial charge in [0.05, 0.1) is 19.1 Å². The number of methoxy groups -OCH3 is 1. The smallest absolute Gasteiger partial charge is 0.238 e. The molecule has 0 N–H and O–H groups in total. The Morgan fingerprint density at radius 1 is 1.12 bits per heavy atom. The maximum atomic E-state index is 5.77. The molecule has 2 aliphatic heterocycles. The van der Waals surface area contributed by atoms with E-state index in [9.17, 15) is 0 Å². The molecule has 0 radical (unpaired) electrons. The van der Waals surface area contributed by atoms with Gasteiger partial charge in [-0.15, -0.1) is 0 Å². The number of aryl methyl sites for hydroxylation is 4. The van der Waals surface area contributed by atoms with E-state index in [-0.39, 0.29) is 12.7 Å². The Bertz CT molecular complexity index is 1340. The second-order valence-electron chi connectivity index (χ2n) is 8.64. The van der Waals surface area contributed by atoms with Crippen LogP contribution in [0.4, 0.5) is 0 Å². The van der Waals surface area contributed by atoms with Crippen LogP contribution < -0.4 is 14.2 Å². The fraction of sp³-hybridized carbons (Fsp3) is 0.360. The first-order valence-electron chi connectivity index (χ1n) is 11.6. The van der Waals surface area contributed by atoms with Gasteiger partial charge in [0.1, 0.15) is 11.5 Å². The Balaban J connectivity index is 1.22. The molecule has 0 saturated carbocycles. The molecule has 9 heteroatoms. The third-order valence-electron chi connectivity index (χ3n) is 6.41.